The average Bonchev–Trinajstić information content (AvgIpc) is 2.80. The first-order valence-electron chi connectivity index (χ1n) is 11.1. The van der Waals surface area contributed by atoms with Gasteiger partial charge in [0.05, 0.1) is 0 Å². The maximum Gasteiger partial charge on any atom is 0.412 e. The third-order valence-corrected chi connectivity index (χ3v) is 4.72. The Balaban J connectivity index is 1.42. The number of alkyl carbamates (subject to hydrolysis) is 1. The van der Waals surface area contributed by atoms with Crippen molar-refractivity contribution in [3.8, 4) is 5.75 Å². The molecule has 2 rings (SSSR count). The molecule has 8 nitrogen and oxygen atoms in total. The van der Waals surface area contributed by atoms with Gasteiger partial charge in [0, 0.05) is 18.7 Å². The van der Waals surface area contributed by atoms with E-state index in [1.54, 1.807) is 13.0 Å². The Labute approximate surface area is 194 Å². The van der Waals surface area contributed by atoms with Gasteiger partial charge in [-0.25, -0.2) is 14.4 Å². The highest BCUT2D eigenvalue weighted by atomic mass is 16.6. The molecule has 0 aromatic heterocycles. The van der Waals surface area contributed by atoms with Gasteiger partial charge in [0.2, 0.25) is 0 Å². The van der Waals surface area contributed by atoms with Gasteiger partial charge in [-0.2, -0.15) is 0 Å². The van der Waals surface area contributed by atoms with Gasteiger partial charge in [-0.1, -0.05) is 56.2 Å². The molecule has 0 atom stereocenters. The minimum Gasteiger partial charge on any atom is -0.459 e. The van der Waals surface area contributed by atoms with Crippen LogP contribution in [0.5, 0.6) is 5.75 Å². The van der Waals surface area contributed by atoms with Crippen LogP contribution in [0.15, 0.2) is 54.6 Å². The predicted octanol–water partition coefficient (Wildman–Crippen LogP) is 4.72. The van der Waals surface area contributed by atoms with Gasteiger partial charge < -0.3 is 24.8 Å². The topological polar surface area (TPSA) is 103 Å². The highest BCUT2D eigenvalue weighted by Gasteiger charge is 2.06. The molecule has 0 unspecified atom stereocenters. The number of amides is 2. The van der Waals surface area contributed by atoms with E-state index in [0.29, 0.717) is 24.4 Å². The van der Waals surface area contributed by atoms with E-state index in [1.165, 1.54) is 0 Å². The van der Waals surface area contributed by atoms with E-state index in [9.17, 15) is 14.4 Å². The molecule has 2 amide bonds. The lowest BCUT2D eigenvalue weighted by molar-refractivity contribution is -0.139. The number of rotatable bonds is 13. The molecule has 2 aromatic rings. The number of unbranched alkanes of at least 4 members (excludes halogenated alkanes) is 4. The van der Waals surface area contributed by atoms with Gasteiger partial charge in [-0.05, 0) is 42.7 Å². The van der Waals surface area contributed by atoms with Gasteiger partial charge in [0.1, 0.15) is 19.0 Å². The molecule has 0 saturated heterocycles. The highest BCUT2D eigenvalue weighted by molar-refractivity contribution is 5.87. The lowest BCUT2D eigenvalue weighted by Gasteiger charge is -2.08. The number of ether oxygens (including phenoxy) is 3. The van der Waals surface area contributed by atoms with Gasteiger partial charge in [-0.3, -0.25) is 0 Å². The summed E-state index contributed by atoms with van der Waals surface area (Å²) in [5.74, 6) is 0.0149. The second-order valence-corrected chi connectivity index (χ2v) is 7.57. The number of hydrogen-bond donors (Lipinski definition) is 2. The molecule has 0 radical (unpaired) electrons. The molecule has 0 aliphatic heterocycles. The second kappa shape index (κ2) is 14.5. The fourth-order valence-electron chi connectivity index (χ4n) is 2.98. The maximum atomic E-state index is 11.9. The van der Waals surface area contributed by atoms with Crippen molar-refractivity contribution in [2.75, 3.05) is 26.3 Å². The zero-order valence-electron chi connectivity index (χ0n) is 19.1. The molecule has 0 fully saturated rings. The molecule has 0 heterocycles. The van der Waals surface area contributed by atoms with Gasteiger partial charge in [0.25, 0.3) is 0 Å². The fourth-order valence-corrected chi connectivity index (χ4v) is 2.98. The third-order valence-electron chi connectivity index (χ3n) is 4.72. The molecule has 0 spiro atoms. The Hall–Kier alpha value is -3.55. The second-order valence-electron chi connectivity index (χ2n) is 7.57. The highest BCUT2D eigenvalue weighted by Crippen LogP contribution is 2.20. The van der Waals surface area contributed by atoms with E-state index in [-0.39, 0.29) is 13.2 Å². The third kappa shape index (κ3) is 10.5. The van der Waals surface area contributed by atoms with Crippen LogP contribution >= 0.6 is 0 Å². The van der Waals surface area contributed by atoms with Crippen LogP contribution in [0.1, 0.15) is 39.0 Å². The summed E-state index contributed by atoms with van der Waals surface area (Å²) in [7, 11) is 0. The van der Waals surface area contributed by atoms with Crippen molar-refractivity contribution in [2.24, 2.45) is 0 Å². The minimum absolute atomic E-state index is 0.00114. The smallest absolute Gasteiger partial charge is 0.412 e. The summed E-state index contributed by atoms with van der Waals surface area (Å²) in [6, 6.07) is 13.4. The lowest BCUT2D eigenvalue weighted by atomic mass is 10.1. The molecular weight excluding hydrogens is 424 g/mol. The minimum atomic E-state index is -0.532. The molecule has 33 heavy (non-hydrogen) atoms. The number of carbonyl (C=O) groups excluding carboxylic acids is 3. The first kappa shape index (κ1) is 25.7. The summed E-state index contributed by atoms with van der Waals surface area (Å²) in [4.78, 5) is 34.6. The van der Waals surface area contributed by atoms with Crippen molar-refractivity contribution >= 4 is 28.9 Å². The standard InChI is InChI=1S/C25H32N2O6/c1-19(2)23(28)31-16-17-32-24(29)26-14-8-4-3-5-9-15-27-25(30)33-22-13-12-20-10-6-7-11-21(20)18-22/h6-7,10-13,18H,1,3-5,8-9,14-17H2,2H3,(H,26,29)(H,27,30). The summed E-state index contributed by atoms with van der Waals surface area (Å²) >= 11 is 0. The number of nitrogens with one attached hydrogen (secondary N) is 2. The largest absolute Gasteiger partial charge is 0.459 e. The molecular formula is C25H32N2O6. The van der Waals surface area contributed by atoms with Crippen LogP contribution < -0.4 is 15.4 Å². The van der Waals surface area contributed by atoms with Crippen LogP contribution in [-0.2, 0) is 14.3 Å². The Morgan fingerprint density at radius 3 is 2.09 bits per heavy atom. The van der Waals surface area contributed by atoms with E-state index in [4.69, 9.17) is 14.2 Å². The van der Waals surface area contributed by atoms with Crippen LogP contribution in [0.2, 0.25) is 0 Å². The molecule has 0 saturated carbocycles. The molecule has 2 aromatic carbocycles. The molecule has 2 N–H and O–H groups in total. The number of hydrogen-bond acceptors (Lipinski definition) is 6. The molecule has 0 bridgehead atoms. The van der Waals surface area contributed by atoms with Crippen molar-refractivity contribution < 1.29 is 28.6 Å². The Bertz CT molecular complexity index is 943. The average molecular weight is 457 g/mol. The van der Waals surface area contributed by atoms with Crippen molar-refractivity contribution in [2.45, 2.75) is 39.0 Å². The Kier molecular flexibility index (Phi) is 11.3. The zero-order chi connectivity index (χ0) is 23.9. The number of carbonyl (C=O) groups is 3. The molecule has 178 valence electrons. The van der Waals surface area contributed by atoms with E-state index < -0.39 is 18.2 Å². The van der Waals surface area contributed by atoms with Gasteiger partial charge >= 0.3 is 18.2 Å². The molecule has 8 heteroatoms. The van der Waals surface area contributed by atoms with E-state index in [1.807, 2.05) is 36.4 Å². The molecule has 0 aliphatic carbocycles. The summed E-state index contributed by atoms with van der Waals surface area (Å²) < 4.78 is 15.1. The summed E-state index contributed by atoms with van der Waals surface area (Å²) in [5.41, 5.74) is 0.302. The van der Waals surface area contributed by atoms with Gasteiger partial charge in [-0.15, -0.1) is 0 Å². The quantitative estimate of drug-likeness (QED) is 0.257. The first-order chi connectivity index (χ1) is 16.0. The van der Waals surface area contributed by atoms with Gasteiger partial charge in [0.15, 0.2) is 0 Å². The van der Waals surface area contributed by atoms with Crippen molar-refractivity contribution in [1.29, 1.82) is 0 Å². The molecule has 0 aliphatic rings. The summed E-state index contributed by atoms with van der Waals surface area (Å²) in [6.07, 6.45) is 3.61. The lowest BCUT2D eigenvalue weighted by Crippen LogP contribution is -2.27. The summed E-state index contributed by atoms with van der Waals surface area (Å²) in [6.45, 7) is 6.08. The van der Waals surface area contributed by atoms with Crippen LogP contribution in [0.3, 0.4) is 0 Å². The van der Waals surface area contributed by atoms with E-state index >= 15 is 0 Å². The van der Waals surface area contributed by atoms with Crippen LogP contribution in [0.25, 0.3) is 10.8 Å². The Morgan fingerprint density at radius 2 is 1.39 bits per heavy atom. The van der Waals surface area contributed by atoms with Crippen LogP contribution in [0, 0.1) is 0 Å². The van der Waals surface area contributed by atoms with Crippen LogP contribution in [0.4, 0.5) is 9.59 Å². The number of fused-ring (bicyclic) bond motifs is 1. The van der Waals surface area contributed by atoms with Crippen molar-refractivity contribution in [1.82, 2.24) is 10.6 Å². The SMILES string of the molecule is C=C(C)C(=O)OCCOC(=O)NCCCCCCCNC(=O)Oc1ccc2ccccc2c1. The van der Waals surface area contributed by atoms with Crippen molar-refractivity contribution in [3.63, 3.8) is 0 Å². The number of benzene rings is 2. The maximum absolute atomic E-state index is 11.9. The van der Waals surface area contributed by atoms with E-state index in [0.717, 1.165) is 42.9 Å². The zero-order valence-corrected chi connectivity index (χ0v) is 19.1. The number of esters is 1. The predicted molar refractivity (Wildman–Crippen MR) is 126 cm³/mol. The fraction of sp³-hybridized carbons (Fsp3) is 0.400. The first-order valence-corrected chi connectivity index (χ1v) is 11.1. The van der Waals surface area contributed by atoms with E-state index in [2.05, 4.69) is 17.2 Å². The monoisotopic (exact) mass is 456 g/mol. The Morgan fingerprint density at radius 1 is 0.788 bits per heavy atom. The van der Waals surface area contributed by atoms with Crippen molar-refractivity contribution in [3.05, 3.63) is 54.6 Å². The summed E-state index contributed by atoms with van der Waals surface area (Å²) in [5, 5.41) is 7.53. The normalized spacial score (nSPS) is 10.3. The van der Waals surface area contributed by atoms with Crippen LogP contribution in [-0.4, -0.2) is 44.5 Å².